The normalized spacial score (nSPS) is 10.6. The summed E-state index contributed by atoms with van der Waals surface area (Å²) < 4.78 is 18.1. The quantitative estimate of drug-likeness (QED) is 0.730. The zero-order chi connectivity index (χ0) is 20.7. The Labute approximate surface area is 168 Å². The lowest BCUT2D eigenvalue weighted by Gasteiger charge is -2.22. The number of benzene rings is 2. The molecule has 150 valence electrons. The van der Waals surface area contributed by atoms with Gasteiger partial charge >= 0.3 is 0 Å². The van der Waals surface area contributed by atoms with Crippen molar-refractivity contribution in [2.75, 3.05) is 39.6 Å². The number of likely N-dealkylation sites (N-methyl/N-ethyl adjacent to an activating group) is 2. The summed E-state index contributed by atoms with van der Waals surface area (Å²) in [5, 5.41) is 3.16. The molecular formula is C20H23ClFN3O3. The number of nitrogens with one attached hydrogen (secondary N) is 1. The number of carbonyl (C=O) groups is 2. The summed E-state index contributed by atoms with van der Waals surface area (Å²) in [6, 6.07) is 11.0. The smallest absolute Gasteiger partial charge is 0.244 e. The van der Waals surface area contributed by atoms with E-state index in [0.717, 1.165) is 5.56 Å². The Morgan fingerprint density at radius 2 is 1.79 bits per heavy atom. The van der Waals surface area contributed by atoms with Gasteiger partial charge < -0.3 is 15.0 Å². The van der Waals surface area contributed by atoms with Crippen LogP contribution in [0.1, 0.15) is 5.56 Å². The first kappa shape index (κ1) is 21.7. The highest BCUT2D eigenvalue weighted by Gasteiger charge is 2.16. The second-order valence-electron chi connectivity index (χ2n) is 6.44. The van der Waals surface area contributed by atoms with Gasteiger partial charge in [-0.2, -0.15) is 0 Å². The van der Waals surface area contributed by atoms with Crippen molar-refractivity contribution >= 4 is 29.1 Å². The molecule has 1 N–H and O–H groups in total. The number of ether oxygens (including phenoxy) is 1. The van der Waals surface area contributed by atoms with Gasteiger partial charge in [0.2, 0.25) is 11.8 Å². The van der Waals surface area contributed by atoms with Gasteiger partial charge in [-0.15, -0.1) is 0 Å². The van der Waals surface area contributed by atoms with Crippen molar-refractivity contribution < 1.29 is 18.7 Å². The van der Waals surface area contributed by atoms with Crippen molar-refractivity contribution in [1.82, 2.24) is 9.80 Å². The highest BCUT2D eigenvalue weighted by Crippen LogP contribution is 2.27. The number of anilines is 1. The fourth-order valence-electron chi connectivity index (χ4n) is 2.58. The number of rotatable bonds is 8. The van der Waals surface area contributed by atoms with E-state index in [1.54, 1.807) is 49.3 Å². The molecule has 0 aliphatic rings. The zero-order valence-corrected chi connectivity index (χ0v) is 16.8. The first-order valence-electron chi connectivity index (χ1n) is 8.59. The number of halogens is 2. The Morgan fingerprint density at radius 1 is 1.11 bits per heavy atom. The Balaban J connectivity index is 1.86. The van der Waals surface area contributed by atoms with E-state index in [1.165, 1.54) is 24.1 Å². The van der Waals surface area contributed by atoms with E-state index in [2.05, 4.69) is 5.32 Å². The van der Waals surface area contributed by atoms with Crippen LogP contribution in [0.25, 0.3) is 0 Å². The van der Waals surface area contributed by atoms with Gasteiger partial charge in [-0.3, -0.25) is 14.5 Å². The number of carbonyl (C=O) groups excluding carboxylic acids is 2. The Morgan fingerprint density at radius 3 is 2.43 bits per heavy atom. The number of hydrogen-bond acceptors (Lipinski definition) is 4. The number of nitrogens with zero attached hydrogens (tertiary/aromatic N) is 2. The fourth-order valence-corrected chi connectivity index (χ4v) is 2.75. The lowest BCUT2D eigenvalue weighted by atomic mass is 10.2. The summed E-state index contributed by atoms with van der Waals surface area (Å²) >= 11 is 5.95. The highest BCUT2D eigenvalue weighted by molar-refractivity contribution is 6.31. The molecule has 0 bridgehead atoms. The van der Waals surface area contributed by atoms with Crippen LogP contribution >= 0.6 is 11.6 Å². The molecule has 0 unspecified atom stereocenters. The van der Waals surface area contributed by atoms with Crippen molar-refractivity contribution in [2.45, 2.75) is 6.54 Å². The van der Waals surface area contributed by atoms with E-state index in [4.69, 9.17) is 16.3 Å². The van der Waals surface area contributed by atoms with Gasteiger partial charge in [-0.25, -0.2) is 4.39 Å². The molecule has 0 atom stereocenters. The van der Waals surface area contributed by atoms with Crippen LogP contribution in [-0.4, -0.2) is 55.9 Å². The third-order valence-electron chi connectivity index (χ3n) is 4.01. The molecule has 0 saturated carbocycles. The summed E-state index contributed by atoms with van der Waals surface area (Å²) in [7, 11) is 4.83. The van der Waals surface area contributed by atoms with Gasteiger partial charge in [0.1, 0.15) is 11.6 Å². The van der Waals surface area contributed by atoms with E-state index in [0.29, 0.717) is 23.0 Å². The first-order valence-corrected chi connectivity index (χ1v) is 8.96. The summed E-state index contributed by atoms with van der Waals surface area (Å²) in [6.45, 7) is 0.506. The molecule has 0 radical (unpaired) electrons. The van der Waals surface area contributed by atoms with E-state index in [-0.39, 0.29) is 30.7 Å². The predicted molar refractivity (Wildman–Crippen MR) is 107 cm³/mol. The Hall–Kier alpha value is -2.64. The average molecular weight is 408 g/mol. The molecule has 0 aliphatic carbocycles. The van der Waals surface area contributed by atoms with Crippen LogP contribution in [0, 0.1) is 5.82 Å². The third-order valence-corrected chi connectivity index (χ3v) is 4.25. The van der Waals surface area contributed by atoms with E-state index < -0.39 is 0 Å². The molecule has 0 fully saturated rings. The minimum Gasteiger partial charge on any atom is -0.495 e. The SMILES string of the molecule is COc1ccc(Cl)cc1NC(=O)CN(C)C(=O)CN(C)Cc1ccc(F)cc1. The first-order chi connectivity index (χ1) is 13.3. The summed E-state index contributed by atoms with van der Waals surface area (Å²) in [5.41, 5.74) is 1.33. The van der Waals surface area contributed by atoms with Crippen molar-refractivity contribution in [1.29, 1.82) is 0 Å². The fraction of sp³-hybridized carbons (Fsp3) is 0.300. The van der Waals surface area contributed by atoms with Crippen molar-refractivity contribution in [3.05, 3.63) is 58.9 Å². The van der Waals surface area contributed by atoms with Crippen LogP contribution in [0.2, 0.25) is 5.02 Å². The van der Waals surface area contributed by atoms with Gasteiger partial charge in [0.25, 0.3) is 0 Å². The molecule has 2 rings (SSSR count). The largest absolute Gasteiger partial charge is 0.495 e. The molecule has 0 aromatic heterocycles. The molecule has 8 heteroatoms. The van der Waals surface area contributed by atoms with Crippen LogP contribution in [-0.2, 0) is 16.1 Å². The van der Waals surface area contributed by atoms with E-state index in [9.17, 15) is 14.0 Å². The van der Waals surface area contributed by atoms with Gasteiger partial charge in [-0.1, -0.05) is 23.7 Å². The molecule has 2 aromatic rings. The van der Waals surface area contributed by atoms with E-state index in [1.807, 2.05) is 0 Å². The topological polar surface area (TPSA) is 61.9 Å². The maximum absolute atomic E-state index is 13.0. The summed E-state index contributed by atoms with van der Waals surface area (Å²) in [6.07, 6.45) is 0. The van der Waals surface area contributed by atoms with Crippen LogP contribution < -0.4 is 10.1 Å². The maximum atomic E-state index is 13.0. The molecule has 0 saturated heterocycles. The Bertz CT molecular complexity index is 830. The minimum absolute atomic E-state index is 0.112. The second kappa shape index (κ2) is 10.1. The van der Waals surface area contributed by atoms with Crippen LogP contribution in [0.4, 0.5) is 10.1 Å². The van der Waals surface area contributed by atoms with Crippen LogP contribution in [0.15, 0.2) is 42.5 Å². The standard InChI is InChI=1S/C20H23ClFN3O3/c1-24(11-14-4-7-16(22)8-5-14)13-20(27)25(2)12-19(26)23-17-10-15(21)6-9-18(17)28-3/h4-10H,11-13H2,1-3H3,(H,23,26). The third kappa shape index (κ3) is 6.51. The molecular weight excluding hydrogens is 385 g/mol. The molecule has 2 amide bonds. The lowest BCUT2D eigenvalue weighted by molar-refractivity contribution is -0.134. The average Bonchev–Trinajstić information content (AvgIpc) is 2.63. The second-order valence-corrected chi connectivity index (χ2v) is 6.88. The summed E-state index contributed by atoms with van der Waals surface area (Å²) in [5.74, 6) is -0.397. The molecule has 28 heavy (non-hydrogen) atoms. The zero-order valence-electron chi connectivity index (χ0n) is 16.0. The monoisotopic (exact) mass is 407 g/mol. The van der Waals surface area contributed by atoms with Crippen LogP contribution in [0.5, 0.6) is 5.75 Å². The van der Waals surface area contributed by atoms with Crippen LogP contribution in [0.3, 0.4) is 0 Å². The minimum atomic E-state index is -0.363. The lowest BCUT2D eigenvalue weighted by Crippen LogP contribution is -2.40. The molecule has 6 nitrogen and oxygen atoms in total. The highest BCUT2D eigenvalue weighted by atomic mass is 35.5. The number of methoxy groups -OCH3 is 1. The van der Waals surface area contributed by atoms with Crippen molar-refractivity contribution in [3.63, 3.8) is 0 Å². The van der Waals surface area contributed by atoms with Crippen molar-refractivity contribution in [2.24, 2.45) is 0 Å². The summed E-state index contributed by atoms with van der Waals surface area (Å²) in [4.78, 5) is 27.8. The van der Waals surface area contributed by atoms with Gasteiger partial charge in [-0.05, 0) is 42.9 Å². The molecule has 0 aliphatic heterocycles. The molecule has 2 aromatic carbocycles. The Kier molecular flexibility index (Phi) is 7.78. The molecule has 0 spiro atoms. The van der Waals surface area contributed by atoms with Gasteiger partial charge in [0.05, 0.1) is 25.9 Å². The van der Waals surface area contributed by atoms with Gasteiger partial charge in [0.15, 0.2) is 0 Å². The molecule has 0 heterocycles. The van der Waals surface area contributed by atoms with Crippen molar-refractivity contribution in [3.8, 4) is 5.75 Å². The number of hydrogen-bond donors (Lipinski definition) is 1. The maximum Gasteiger partial charge on any atom is 0.244 e. The van der Waals surface area contributed by atoms with E-state index >= 15 is 0 Å². The predicted octanol–water partition coefficient (Wildman–Crippen LogP) is 3.02. The van der Waals surface area contributed by atoms with Gasteiger partial charge in [0, 0.05) is 18.6 Å². The number of amides is 2.